The van der Waals surface area contributed by atoms with Crippen LogP contribution in [0.5, 0.6) is 0 Å². The van der Waals surface area contributed by atoms with Gasteiger partial charge in [-0.3, -0.25) is 0 Å². The van der Waals surface area contributed by atoms with Crippen LogP contribution in [0.25, 0.3) is 0 Å². The van der Waals surface area contributed by atoms with E-state index in [1.54, 1.807) is 0 Å². The monoisotopic (exact) mass is 268 g/mol. The molecule has 0 aromatic heterocycles. The van der Waals surface area contributed by atoms with Crippen molar-refractivity contribution >= 4 is 5.69 Å². The summed E-state index contributed by atoms with van der Waals surface area (Å²) in [5.41, 5.74) is 3.28. The molecule has 3 N–H and O–H groups in total. The molecule has 0 heterocycles. The number of halogens is 5. The standard InChI is InChI=1S/C11H13F5N2/c12-10(13)7-2-3-9(18-5-1-4-17)8(6-7)11(14,15)16/h2-3,6,10,18H,1,4-5,17H2. The zero-order valence-corrected chi connectivity index (χ0v) is 9.40. The molecule has 0 radical (unpaired) electrons. The van der Waals surface area contributed by atoms with E-state index >= 15 is 0 Å². The third kappa shape index (κ3) is 3.83. The van der Waals surface area contributed by atoms with E-state index in [1.807, 2.05) is 0 Å². The molecule has 0 fully saturated rings. The van der Waals surface area contributed by atoms with Crippen molar-refractivity contribution in [1.82, 2.24) is 0 Å². The molecule has 0 saturated carbocycles. The van der Waals surface area contributed by atoms with Crippen LogP contribution in [0.2, 0.25) is 0 Å². The van der Waals surface area contributed by atoms with Gasteiger partial charge in [-0.1, -0.05) is 6.07 Å². The molecular weight excluding hydrogens is 255 g/mol. The van der Waals surface area contributed by atoms with Crippen LogP contribution in [-0.2, 0) is 6.18 Å². The van der Waals surface area contributed by atoms with Crippen LogP contribution in [0.15, 0.2) is 18.2 Å². The number of rotatable bonds is 5. The van der Waals surface area contributed by atoms with Gasteiger partial charge in [0.1, 0.15) is 0 Å². The van der Waals surface area contributed by atoms with Gasteiger partial charge in [0.05, 0.1) is 5.56 Å². The van der Waals surface area contributed by atoms with Gasteiger partial charge in [-0.2, -0.15) is 13.2 Å². The van der Waals surface area contributed by atoms with E-state index in [0.29, 0.717) is 19.0 Å². The lowest BCUT2D eigenvalue weighted by Crippen LogP contribution is -2.14. The minimum absolute atomic E-state index is 0.208. The lowest BCUT2D eigenvalue weighted by atomic mass is 10.1. The Bertz CT molecular complexity index is 390. The highest BCUT2D eigenvalue weighted by atomic mass is 19.4. The van der Waals surface area contributed by atoms with Gasteiger partial charge < -0.3 is 11.1 Å². The van der Waals surface area contributed by atoms with E-state index in [0.717, 1.165) is 12.1 Å². The maximum absolute atomic E-state index is 12.7. The van der Waals surface area contributed by atoms with E-state index in [4.69, 9.17) is 5.73 Å². The molecule has 0 amide bonds. The highest BCUT2D eigenvalue weighted by molar-refractivity contribution is 5.54. The number of nitrogens with one attached hydrogen (secondary N) is 1. The summed E-state index contributed by atoms with van der Waals surface area (Å²) in [6.07, 6.45) is -7.10. The van der Waals surface area contributed by atoms with E-state index in [9.17, 15) is 22.0 Å². The predicted octanol–water partition coefficient (Wildman–Crippen LogP) is 3.40. The van der Waals surface area contributed by atoms with Crippen LogP contribution in [0.1, 0.15) is 24.0 Å². The molecule has 1 rings (SSSR count). The minimum Gasteiger partial charge on any atom is -0.385 e. The van der Waals surface area contributed by atoms with Gasteiger partial charge in [-0.05, 0) is 25.1 Å². The molecule has 1 aromatic carbocycles. The fraction of sp³-hybridized carbons (Fsp3) is 0.455. The summed E-state index contributed by atoms with van der Waals surface area (Å²) in [6, 6.07) is 2.46. The Hall–Kier alpha value is -1.37. The Morgan fingerprint density at radius 3 is 2.39 bits per heavy atom. The molecular formula is C11H13F5N2. The Labute approximate surface area is 101 Å². The van der Waals surface area contributed by atoms with E-state index in [-0.39, 0.29) is 12.2 Å². The third-order valence-corrected chi connectivity index (χ3v) is 2.30. The molecule has 2 nitrogen and oxygen atoms in total. The fourth-order valence-corrected chi connectivity index (χ4v) is 1.41. The van der Waals surface area contributed by atoms with Crippen LogP contribution in [-0.4, -0.2) is 13.1 Å². The largest absolute Gasteiger partial charge is 0.418 e. The van der Waals surface area contributed by atoms with Crippen molar-refractivity contribution < 1.29 is 22.0 Å². The molecule has 0 atom stereocenters. The summed E-state index contributed by atoms with van der Waals surface area (Å²) < 4.78 is 62.8. The van der Waals surface area contributed by atoms with E-state index < -0.39 is 23.7 Å². The average Bonchev–Trinajstić information content (AvgIpc) is 2.28. The van der Waals surface area contributed by atoms with Crippen LogP contribution in [0.4, 0.5) is 27.6 Å². The summed E-state index contributed by atoms with van der Waals surface area (Å²) in [5, 5.41) is 2.54. The third-order valence-electron chi connectivity index (χ3n) is 2.30. The van der Waals surface area contributed by atoms with E-state index in [2.05, 4.69) is 5.32 Å². The topological polar surface area (TPSA) is 38.0 Å². The SMILES string of the molecule is NCCCNc1ccc(C(F)F)cc1C(F)(F)F. The summed E-state index contributed by atoms with van der Waals surface area (Å²) in [6.45, 7) is 0.594. The van der Waals surface area contributed by atoms with Crippen LogP contribution < -0.4 is 11.1 Å². The van der Waals surface area contributed by atoms with Gasteiger partial charge in [0.2, 0.25) is 0 Å². The first kappa shape index (κ1) is 14.7. The van der Waals surface area contributed by atoms with Crippen LogP contribution in [0, 0.1) is 0 Å². The quantitative estimate of drug-likeness (QED) is 0.634. The Kier molecular flexibility index (Phi) is 4.89. The zero-order chi connectivity index (χ0) is 13.8. The summed E-state index contributed by atoms with van der Waals surface area (Å²) in [4.78, 5) is 0. The van der Waals surface area contributed by atoms with Crippen molar-refractivity contribution in [3.63, 3.8) is 0 Å². The first-order valence-electron chi connectivity index (χ1n) is 5.29. The summed E-state index contributed by atoms with van der Waals surface area (Å²) in [5.74, 6) is 0. The van der Waals surface area contributed by atoms with Crippen molar-refractivity contribution in [3.8, 4) is 0 Å². The maximum Gasteiger partial charge on any atom is 0.418 e. The van der Waals surface area contributed by atoms with E-state index in [1.165, 1.54) is 0 Å². The van der Waals surface area contributed by atoms with Gasteiger partial charge in [0, 0.05) is 17.8 Å². The van der Waals surface area contributed by atoms with Gasteiger partial charge in [0.25, 0.3) is 6.43 Å². The second kappa shape index (κ2) is 5.99. The number of anilines is 1. The molecule has 0 saturated heterocycles. The number of hydrogen-bond acceptors (Lipinski definition) is 2. The Balaban J connectivity index is 3.02. The van der Waals surface area contributed by atoms with Crippen molar-refractivity contribution in [1.29, 1.82) is 0 Å². The molecule has 0 aliphatic carbocycles. The molecule has 0 aliphatic heterocycles. The highest BCUT2D eigenvalue weighted by Crippen LogP contribution is 2.37. The van der Waals surface area contributed by atoms with Gasteiger partial charge >= 0.3 is 6.18 Å². The van der Waals surface area contributed by atoms with Crippen molar-refractivity contribution in [2.75, 3.05) is 18.4 Å². The van der Waals surface area contributed by atoms with Crippen molar-refractivity contribution in [3.05, 3.63) is 29.3 Å². The molecule has 102 valence electrons. The number of alkyl halides is 5. The molecule has 7 heteroatoms. The fourth-order valence-electron chi connectivity index (χ4n) is 1.41. The molecule has 0 unspecified atom stereocenters. The first-order valence-corrected chi connectivity index (χ1v) is 5.29. The normalized spacial score (nSPS) is 11.9. The van der Waals surface area contributed by atoms with Crippen molar-refractivity contribution in [2.24, 2.45) is 5.73 Å². The lowest BCUT2D eigenvalue weighted by molar-refractivity contribution is -0.137. The van der Waals surface area contributed by atoms with Gasteiger partial charge in [-0.25, -0.2) is 8.78 Å². The van der Waals surface area contributed by atoms with Crippen molar-refractivity contribution in [2.45, 2.75) is 19.0 Å². The molecule has 0 spiro atoms. The average molecular weight is 268 g/mol. The minimum atomic E-state index is -4.67. The lowest BCUT2D eigenvalue weighted by Gasteiger charge is -2.15. The Morgan fingerprint density at radius 1 is 1.22 bits per heavy atom. The summed E-state index contributed by atoms with van der Waals surface area (Å²) >= 11 is 0. The first-order chi connectivity index (χ1) is 8.36. The number of benzene rings is 1. The second-order valence-corrected chi connectivity index (χ2v) is 3.67. The highest BCUT2D eigenvalue weighted by Gasteiger charge is 2.34. The van der Waals surface area contributed by atoms with Gasteiger partial charge in [0.15, 0.2) is 0 Å². The molecule has 18 heavy (non-hydrogen) atoms. The molecule has 0 bridgehead atoms. The summed E-state index contributed by atoms with van der Waals surface area (Å²) in [7, 11) is 0. The smallest absolute Gasteiger partial charge is 0.385 e. The predicted molar refractivity (Wildman–Crippen MR) is 58.6 cm³/mol. The van der Waals surface area contributed by atoms with Gasteiger partial charge in [-0.15, -0.1) is 0 Å². The number of hydrogen-bond donors (Lipinski definition) is 2. The molecule has 0 aliphatic rings. The number of nitrogens with two attached hydrogens (primary N) is 1. The maximum atomic E-state index is 12.7. The second-order valence-electron chi connectivity index (χ2n) is 3.67. The van der Waals surface area contributed by atoms with Crippen LogP contribution >= 0.6 is 0 Å². The van der Waals surface area contributed by atoms with Crippen LogP contribution in [0.3, 0.4) is 0 Å². The zero-order valence-electron chi connectivity index (χ0n) is 9.40. The Morgan fingerprint density at radius 2 is 1.89 bits per heavy atom. The molecule has 1 aromatic rings.